The van der Waals surface area contributed by atoms with Gasteiger partial charge >= 0.3 is 6.03 Å². The summed E-state index contributed by atoms with van der Waals surface area (Å²) in [6.07, 6.45) is 1.77. The molecule has 2 N–H and O–H groups in total. The average Bonchev–Trinajstić information content (AvgIpc) is 2.89. The number of nitrogens with two attached hydrogens (primary N) is 1. The highest BCUT2D eigenvalue weighted by molar-refractivity contribution is 5.81. The number of amides is 3. The van der Waals surface area contributed by atoms with Crippen molar-refractivity contribution in [3.63, 3.8) is 0 Å². The second kappa shape index (κ2) is 6.58. The molecule has 0 saturated carbocycles. The first-order chi connectivity index (χ1) is 11.1. The minimum absolute atomic E-state index is 0.123. The van der Waals surface area contributed by atoms with Gasteiger partial charge in [-0.2, -0.15) is 0 Å². The highest BCUT2D eigenvalue weighted by atomic mass is 16.2. The molecule has 1 aromatic carbocycles. The van der Waals surface area contributed by atoms with Gasteiger partial charge in [-0.25, -0.2) is 4.79 Å². The Hall–Kier alpha value is -2.08. The third kappa shape index (κ3) is 3.17. The Bertz CT molecular complexity index is 569. The molecule has 3 amide bonds. The molecule has 0 unspecified atom stereocenters. The molecule has 6 heteroatoms. The van der Waals surface area contributed by atoms with Gasteiger partial charge in [0.05, 0.1) is 0 Å². The zero-order valence-electron chi connectivity index (χ0n) is 13.5. The lowest BCUT2D eigenvalue weighted by atomic mass is 9.98. The van der Waals surface area contributed by atoms with Crippen molar-refractivity contribution in [2.75, 3.05) is 33.2 Å². The van der Waals surface area contributed by atoms with Crippen LogP contribution in [0.2, 0.25) is 0 Å². The third-order valence-corrected chi connectivity index (χ3v) is 4.94. The number of benzene rings is 1. The van der Waals surface area contributed by atoms with E-state index in [4.69, 9.17) is 5.73 Å². The van der Waals surface area contributed by atoms with Gasteiger partial charge in [-0.15, -0.1) is 0 Å². The van der Waals surface area contributed by atoms with Crippen LogP contribution in [0.5, 0.6) is 0 Å². The highest BCUT2D eigenvalue weighted by Gasteiger charge is 2.36. The number of likely N-dealkylation sites (tertiary alicyclic amines) is 1. The first-order valence-corrected chi connectivity index (χ1v) is 8.18. The number of hydrogen-bond acceptors (Lipinski definition) is 3. The van der Waals surface area contributed by atoms with E-state index < -0.39 is 0 Å². The molecular weight excluding hydrogens is 292 g/mol. The fourth-order valence-electron chi connectivity index (χ4n) is 3.65. The molecule has 2 fully saturated rings. The molecule has 2 saturated heterocycles. The van der Waals surface area contributed by atoms with Gasteiger partial charge in [-0.3, -0.25) is 9.69 Å². The monoisotopic (exact) mass is 316 g/mol. The van der Waals surface area contributed by atoms with Crippen LogP contribution in [0.1, 0.15) is 24.4 Å². The lowest BCUT2D eigenvalue weighted by Gasteiger charge is -2.39. The van der Waals surface area contributed by atoms with Crippen LogP contribution >= 0.6 is 0 Å². The first kappa shape index (κ1) is 15.8. The van der Waals surface area contributed by atoms with Gasteiger partial charge in [0.2, 0.25) is 5.91 Å². The maximum atomic E-state index is 12.1. The number of piperidine rings is 1. The number of carbonyl (C=O) groups excluding carboxylic acids is 2. The molecule has 2 heterocycles. The smallest absolute Gasteiger partial charge is 0.320 e. The van der Waals surface area contributed by atoms with E-state index >= 15 is 0 Å². The average molecular weight is 316 g/mol. The van der Waals surface area contributed by atoms with Crippen molar-refractivity contribution >= 4 is 11.9 Å². The van der Waals surface area contributed by atoms with Crippen molar-refractivity contribution < 1.29 is 9.59 Å². The summed E-state index contributed by atoms with van der Waals surface area (Å²) in [6.45, 7) is 3.16. The van der Waals surface area contributed by atoms with Crippen LogP contribution in [0, 0.1) is 0 Å². The lowest BCUT2D eigenvalue weighted by molar-refractivity contribution is -0.124. The molecule has 0 bridgehead atoms. The van der Waals surface area contributed by atoms with E-state index in [2.05, 4.69) is 4.90 Å². The number of hydrogen-bond donors (Lipinski definition) is 1. The molecule has 3 rings (SSSR count). The molecule has 2 aliphatic rings. The lowest BCUT2D eigenvalue weighted by Crippen LogP contribution is -2.49. The van der Waals surface area contributed by atoms with Gasteiger partial charge in [-0.05, 0) is 18.4 Å². The Morgan fingerprint density at radius 3 is 2.30 bits per heavy atom. The fraction of sp³-hybridized carbons (Fsp3) is 0.529. The molecule has 0 radical (unpaired) electrons. The first-order valence-electron chi connectivity index (χ1n) is 8.18. The SMILES string of the molecule is CN1CCN(C2CCN([C@@H](C(N)=O)c3ccccc3)CC2)C1=O. The van der Waals surface area contributed by atoms with Crippen molar-refractivity contribution in [1.82, 2.24) is 14.7 Å². The topological polar surface area (TPSA) is 69.9 Å². The predicted octanol–water partition coefficient (Wildman–Crippen LogP) is 1.04. The van der Waals surface area contributed by atoms with Gasteiger partial charge in [0, 0.05) is 39.3 Å². The second-order valence-electron chi connectivity index (χ2n) is 6.38. The summed E-state index contributed by atoms with van der Waals surface area (Å²) < 4.78 is 0. The summed E-state index contributed by atoms with van der Waals surface area (Å²) in [6, 6.07) is 9.69. The molecule has 124 valence electrons. The van der Waals surface area contributed by atoms with Crippen LogP contribution in [-0.4, -0.2) is 65.9 Å². The van der Waals surface area contributed by atoms with Crippen molar-refractivity contribution in [3.05, 3.63) is 35.9 Å². The minimum atomic E-state index is -0.380. The van der Waals surface area contributed by atoms with E-state index in [0.717, 1.165) is 44.6 Å². The largest absolute Gasteiger partial charge is 0.368 e. The fourth-order valence-corrected chi connectivity index (χ4v) is 3.65. The van der Waals surface area contributed by atoms with Crippen LogP contribution in [-0.2, 0) is 4.79 Å². The quantitative estimate of drug-likeness (QED) is 0.902. The summed E-state index contributed by atoms with van der Waals surface area (Å²) in [5.74, 6) is -0.313. The summed E-state index contributed by atoms with van der Waals surface area (Å²) in [5.41, 5.74) is 6.59. The van der Waals surface area contributed by atoms with Crippen molar-refractivity contribution in [2.24, 2.45) is 5.73 Å². The van der Waals surface area contributed by atoms with E-state index in [1.165, 1.54) is 0 Å². The number of likely N-dealkylation sites (N-methyl/N-ethyl adjacent to an activating group) is 1. The Labute approximate surface area is 136 Å². The van der Waals surface area contributed by atoms with E-state index in [0.29, 0.717) is 0 Å². The number of primary amides is 1. The summed E-state index contributed by atoms with van der Waals surface area (Å²) in [4.78, 5) is 29.9. The summed E-state index contributed by atoms with van der Waals surface area (Å²) >= 11 is 0. The minimum Gasteiger partial charge on any atom is -0.368 e. The third-order valence-electron chi connectivity index (χ3n) is 4.94. The molecular formula is C17H24N4O2. The van der Waals surface area contributed by atoms with E-state index in [9.17, 15) is 9.59 Å². The van der Waals surface area contributed by atoms with Gasteiger partial charge < -0.3 is 15.5 Å². The van der Waals surface area contributed by atoms with E-state index in [1.54, 1.807) is 4.90 Å². The second-order valence-corrected chi connectivity index (χ2v) is 6.38. The Balaban J connectivity index is 1.65. The normalized spacial score (nSPS) is 21.7. The molecule has 1 atom stereocenters. The number of urea groups is 1. The van der Waals surface area contributed by atoms with E-state index in [-0.39, 0.29) is 24.0 Å². The maximum absolute atomic E-state index is 12.1. The molecule has 23 heavy (non-hydrogen) atoms. The molecule has 0 aromatic heterocycles. The van der Waals surface area contributed by atoms with Gasteiger partial charge in [0.15, 0.2) is 0 Å². The summed E-state index contributed by atoms with van der Waals surface area (Å²) in [5, 5.41) is 0. The number of nitrogens with zero attached hydrogens (tertiary/aromatic N) is 3. The van der Waals surface area contributed by atoms with Crippen molar-refractivity contribution in [3.8, 4) is 0 Å². The van der Waals surface area contributed by atoms with Crippen LogP contribution in [0.15, 0.2) is 30.3 Å². The molecule has 1 aromatic rings. The predicted molar refractivity (Wildman–Crippen MR) is 87.7 cm³/mol. The molecule has 0 aliphatic carbocycles. The van der Waals surface area contributed by atoms with Crippen LogP contribution in [0.25, 0.3) is 0 Å². The van der Waals surface area contributed by atoms with E-state index in [1.807, 2.05) is 42.3 Å². The summed E-state index contributed by atoms with van der Waals surface area (Å²) in [7, 11) is 1.84. The maximum Gasteiger partial charge on any atom is 0.320 e. The zero-order chi connectivity index (χ0) is 16.4. The Kier molecular flexibility index (Phi) is 4.52. The molecule has 2 aliphatic heterocycles. The number of carbonyl (C=O) groups is 2. The molecule has 6 nitrogen and oxygen atoms in total. The highest BCUT2D eigenvalue weighted by Crippen LogP contribution is 2.27. The van der Waals surface area contributed by atoms with Crippen molar-refractivity contribution in [1.29, 1.82) is 0 Å². The Morgan fingerprint density at radius 1 is 1.13 bits per heavy atom. The Morgan fingerprint density at radius 2 is 1.78 bits per heavy atom. The van der Waals surface area contributed by atoms with Gasteiger partial charge in [-0.1, -0.05) is 30.3 Å². The van der Waals surface area contributed by atoms with Crippen LogP contribution in [0.3, 0.4) is 0 Å². The van der Waals surface area contributed by atoms with Crippen molar-refractivity contribution in [2.45, 2.75) is 24.9 Å². The van der Waals surface area contributed by atoms with Gasteiger partial charge in [0.25, 0.3) is 0 Å². The molecule has 0 spiro atoms. The standard InChI is InChI=1S/C17H24N4O2/c1-19-11-12-21(17(19)23)14-7-9-20(10-8-14)15(16(18)22)13-5-3-2-4-6-13/h2-6,14-15H,7-12H2,1H3,(H2,18,22)/t15-/m1/s1. The van der Waals surface area contributed by atoms with Crippen LogP contribution < -0.4 is 5.73 Å². The number of rotatable bonds is 4. The zero-order valence-corrected chi connectivity index (χ0v) is 13.5. The van der Waals surface area contributed by atoms with Crippen LogP contribution in [0.4, 0.5) is 4.79 Å². The van der Waals surface area contributed by atoms with Gasteiger partial charge in [0.1, 0.15) is 6.04 Å².